The van der Waals surface area contributed by atoms with Gasteiger partial charge in [0.15, 0.2) is 4.96 Å². The molecule has 0 spiro atoms. The third-order valence-electron chi connectivity index (χ3n) is 4.36. The smallest absolute Gasteiger partial charge is 0.265 e. The number of carbonyl (C=O) groups is 1. The Morgan fingerprint density at radius 2 is 2.08 bits per heavy atom. The zero-order valence-electron chi connectivity index (χ0n) is 14.3. The van der Waals surface area contributed by atoms with Crippen molar-refractivity contribution >= 4 is 22.2 Å². The van der Waals surface area contributed by atoms with Crippen LogP contribution in [0.15, 0.2) is 36.7 Å². The molecule has 1 atom stereocenters. The molecule has 2 aromatic heterocycles. The molecule has 126 valence electrons. The summed E-state index contributed by atoms with van der Waals surface area (Å²) in [5.41, 5.74) is 2.13. The number of aryl methyl sites for hydroxylation is 1. The molecule has 0 aliphatic heterocycles. The Balaban J connectivity index is 1.74. The highest BCUT2D eigenvalue weighted by Gasteiger charge is 2.23. The van der Waals surface area contributed by atoms with Crippen molar-refractivity contribution in [1.82, 2.24) is 14.3 Å². The number of nitrogens with zero attached hydrogens (tertiary/aromatic N) is 3. The maximum atomic E-state index is 12.8. The molecule has 0 saturated carbocycles. The maximum absolute atomic E-state index is 12.8. The fourth-order valence-electron chi connectivity index (χ4n) is 2.69. The van der Waals surface area contributed by atoms with Crippen molar-refractivity contribution in [2.75, 3.05) is 14.2 Å². The predicted octanol–water partition coefficient (Wildman–Crippen LogP) is 3.42. The van der Waals surface area contributed by atoms with Crippen LogP contribution in [0.5, 0.6) is 5.75 Å². The Morgan fingerprint density at radius 3 is 2.71 bits per heavy atom. The van der Waals surface area contributed by atoms with E-state index in [1.54, 1.807) is 13.3 Å². The van der Waals surface area contributed by atoms with E-state index in [1.165, 1.54) is 16.9 Å². The van der Waals surface area contributed by atoms with Crippen LogP contribution >= 0.6 is 11.3 Å². The first-order valence-corrected chi connectivity index (χ1v) is 8.65. The van der Waals surface area contributed by atoms with Crippen LogP contribution in [-0.4, -0.2) is 40.4 Å². The summed E-state index contributed by atoms with van der Waals surface area (Å²) in [7, 11) is 3.52. The van der Waals surface area contributed by atoms with Gasteiger partial charge in [0.25, 0.3) is 5.91 Å². The number of likely N-dealkylation sites (N-methyl/N-ethyl adjacent to an activating group) is 1. The number of benzene rings is 1. The summed E-state index contributed by atoms with van der Waals surface area (Å²) < 4.78 is 7.14. The Kier molecular flexibility index (Phi) is 4.57. The van der Waals surface area contributed by atoms with Crippen LogP contribution in [0.3, 0.4) is 0 Å². The summed E-state index contributed by atoms with van der Waals surface area (Å²) in [4.78, 5) is 20.5. The van der Waals surface area contributed by atoms with Gasteiger partial charge in [-0.25, -0.2) is 4.98 Å². The van der Waals surface area contributed by atoms with Crippen molar-refractivity contribution in [3.63, 3.8) is 0 Å². The van der Waals surface area contributed by atoms with Crippen molar-refractivity contribution in [3.05, 3.63) is 52.8 Å². The summed E-state index contributed by atoms with van der Waals surface area (Å²) in [6.07, 6.45) is 4.44. The summed E-state index contributed by atoms with van der Waals surface area (Å²) in [5.74, 6) is 0.886. The highest BCUT2D eigenvalue weighted by molar-refractivity contribution is 7.19. The predicted molar refractivity (Wildman–Crippen MR) is 96.1 cm³/mol. The number of fused-ring (bicyclic) bond motifs is 1. The van der Waals surface area contributed by atoms with Gasteiger partial charge in [-0.1, -0.05) is 23.5 Å². The molecule has 2 heterocycles. The van der Waals surface area contributed by atoms with Gasteiger partial charge in [-0.15, -0.1) is 0 Å². The average molecular weight is 343 g/mol. The Bertz CT molecular complexity index is 851. The number of hydrogen-bond acceptors (Lipinski definition) is 4. The number of methoxy groups -OCH3 is 1. The maximum Gasteiger partial charge on any atom is 0.265 e. The van der Waals surface area contributed by atoms with Gasteiger partial charge in [0.1, 0.15) is 10.6 Å². The van der Waals surface area contributed by atoms with Crippen LogP contribution in [0.2, 0.25) is 0 Å². The lowest BCUT2D eigenvalue weighted by atomic mass is 10.1. The van der Waals surface area contributed by atoms with Gasteiger partial charge >= 0.3 is 0 Å². The number of rotatable bonds is 5. The Labute approximate surface area is 145 Å². The zero-order chi connectivity index (χ0) is 17.3. The summed E-state index contributed by atoms with van der Waals surface area (Å²) in [6, 6.07) is 8.07. The number of imidazole rings is 1. The molecule has 3 aromatic rings. The number of hydrogen-bond donors (Lipinski definition) is 0. The molecule has 24 heavy (non-hydrogen) atoms. The van der Waals surface area contributed by atoms with E-state index < -0.39 is 0 Å². The fraction of sp³-hybridized carbons (Fsp3) is 0.333. The number of amides is 1. The Morgan fingerprint density at radius 1 is 1.38 bits per heavy atom. The second-order valence-electron chi connectivity index (χ2n) is 5.91. The molecule has 0 unspecified atom stereocenters. The zero-order valence-corrected chi connectivity index (χ0v) is 15.1. The monoisotopic (exact) mass is 343 g/mol. The van der Waals surface area contributed by atoms with E-state index in [0.717, 1.165) is 27.7 Å². The van der Waals surface area contributed by atoms with E-state index in [4.69, 9.17) is 4.74 Å². The van der Waals surface area contributed by atoms with E-state index in [0.29, 0.717) is 0 Å². The summed E-state index contributed by atoms with van der Waals surface area (Å²) in [6.45, 7) is 4.02. The van der Waals surface area contributed by atoms with Gasteiger partial charge in [0, 0.05) is 31.2 Å². The van der Waals surface area contributed by atoms with Crippen LogP contribution in [0, 0.1) is 6.92 Å². The second kappa shape index (κ2) is 6.65. The van der Waals surface area contributed by atoms with E-state index in [1.807, 2.05) is 53.7 Å². The molecule has 1 amide bonds. The van der Waals surface area contributed by atoms with Crippen LogP contribution in [0.4, 0.5) is 0 Å². The molecule has 0 fully saturated rings. The molecule has 0 radical (unpaired) electrons. The molecule has 3 rings (SSSR count). The molecule has 0 N–H and O–H groups in total. The van der Waals surface area contributed by atoms with Crippen LogP contribution < -0.4 is 4.74 Å². The van der Waals surface area contributed by atoms with Crippen LogP contribution in [-0.2, 0) is 6.42 Å². The highest BCUT2D eigenvalue weighted by atomic mass is 32.1. The van der Waals surface area contributed by atoms with Crippen molar-refractivity contribution < 1.29 is 9.53 Å². The van der Waals surface area contributed by atoms with E-state index in [9.17, 15) is 4.79 Å². The van der Waals surface area contributed by atoms with Crippen LogP contribution in [0.1, 0.15) is 27.9 Å². The number of ether oxygens (including phenoxy) is 1. The van der Waals surface area contributed by atoms with Crippen molar-refractivity contribution in [2.45, 2.75) is 26.3 Å². The largest absolute Gasteiger partial charge is 0.497 e. The van der Waals surface area contributed by atoms with Crippen molar-refractivity contribution in [3.8, 4) is 5.75 Å². The minimum atomic E-state index is 0.0454. The standard InChI is InChI=1S/C18H21N3O2S/c1-12(11-14-5-7-15(23-4)8-6-14)20(3)17(22)16-13(2)21-10-9-19-18(21)24-16/h5-10,12H,11H2,1-4H3/t12-/m1/s1. The minimum Gasteiger partial charge on any atom is -0.497 e. The first-order valence-electron chi connectivity index (χ1n) is 7.83. The van der Waals surface area contributed by atoms with Gasteiger partial charge in [0.2, 0.25) is 0 Å². The van der Waals surface area contributed by atoms with E-state index in [2.05, 4.69) is 11.9 Å². The summed E-state index contributed by atoms with van der Waals surface area (Å²) in [5, 5.41) is 0. The van der Waals surface area contributed by atoms with Gasteiger partial charge in [-0.2, -0.15) is 0 Å². The van der Waals surface area contributed by atoms with Gasteiger partial charge in [-0.3, -0.25) is 9.20 Å². The second-order valence-corrected chi connectivity index (χ2v) is 6.89. The lowest BCUT2D eigenvalue weighted by molar-refractivity contribution is 0.0747. The quantitative estimate of drug-likeness (QED) is 0.713. The fourth-order valence-corrected chi connectivity index (χ4v) is 3.76. The topological polar surface area (TPSA) is 46.8 Å². The average Bonchev–Trinajstić information content (AvgIpc) is 3.17. The molecule has 0 bridgehead atoms. The molecule has 1 aromatic carbocycles. The van der Waals surface area contributed by atoms with E-state index in [-0.39, 0.29) is 11.9 Å². The van der Waals surface area contributed by atoms with E-state index >= 15 is 0 Å². The lowest BCUT2D eigenvalue weighted by Crippen LogP contribution is -2.36. The molecule has 5 nitrogen and oxygen atoms in total. The number of thiazole rings is 1. The molecule has 0 aliphatic rings. The van der Waals surface area contributed by atoms with Gasteiger partial charge in [-0.05, 0) is 38.0 Å². The van der Waals surface area contributed by atoms with Gasteiger partial charge in [0.05, 0.1) is 7.11 Å². The molecule has 0 aliphatic carbocycles. The number of carbonyl (C=O) groups excluding carboxylic acids is 1. The van der Waals surface area contributed by atoms with Gasteiger partial charge < -0.3 is 9.64 Å². The van der Waals surface area contributed by atoms with Crippen molar-refractivity contribution in [2.24, 2.45) is 0 Å². The molecular weight excluding hydrogens is 322 g/mol. The number of aromatic nitrogens is 2. The normalized spacial score (nSPS) is 12.3. The molecule has 0 saturated heterocycles. The third kappa shape index (κ3) is 3.01. The third-order valence-corrected chi connectivity index (χ3v) is 5.51. The molecular formula is C18H21N3O2S. The Hall–Kier alpha value is -2.34. The summed E-state index contributed by atoms with van der Waals surface area (Å²) >= 11 is 1.44. The lowest BCUT2D eigenvalue weighted by Gasteiger charge is -2.25. The minimum absolute atomic E-state index is 0.0454. The van der Waals surface area contributed by atoms with Crippen LogP contribution in [0.25, 0.3) is 4.96 Å². The molecule has 6 heteroatoms. The highest BCUT2D eigenvalue weighted by Crippen LogP contribution is 2.24. The SMILES string of the molecule is COc1ccc(C[C@@H](C)N(C)C(=O)c2sc3nccn3c2C)cc1. The van der Waals surface area contributed by atoms with Crippen molar-refractivity contribution in [1.29, 1.82) is 0 Å². The first kappa shape index (κ1) is 16.5. The first-order chi connectivity index (χ1) is 11.5.